The number of carbonyl (C=O) groups is 2. The molecule has 0 unspecified atom stereocenters. The molecule has 2 aliphatic rings. The minimum atomic E-state index is -3.57. The highest BCUT2D eigenvalue weighted by Gasteiger charge is 2.32. The van der Waals surface area contributed by atoms with Crippen molar-refractivity contribution in [3.05, 3.63) is 29.3 Å². The highest BCUT2D eigenvalue weighted by atomic mass is 35.5. The van der Waals surface area contributed by atoms with Gasteiger partial charge in [0, 0.05) is 43.0 Å². The Bertz CT molecular complexity index is 830. The van der Waals surface area contributed by atoms with Crippen LogP contribution in [0.4, 0.5) is 0 Å². The fraction of sp³-hybridized carbons (Fsp3) is 0.619. The molecule has 1 aromatic rings. The van der Waals surface area contributed by atoms with E-state index >= 15 is 0 Å². The number of piperidine rings is 1. The number of amides is 2. The molecule has 1 aliphatic carbocycles. The number of hydrogen-bond acceptors (Lipinski definition) is 4. The molecule has 1 saturated heterocycles. The number of halogens is 1. The molecule has 0 atom stereocenters. The van der Waals surface area contributed by atoms with Crippen LogP contribution in [0.25, 0.3) is 0 Å². The van der Waals surface area contributed by atoms with Gasteiger partial charge in [0.2, 0.25) is 21.8 Å². The molecule has 0 bridgehead atoms. The second kappa shape index (κ2) is 10.6. The minimum absolute atomic E-state index is 0.0783. The summed E-state index contributed by atoms with van der Waals surface area (Å²) in [5.74, 6) is -0.0906. The Labute approximate surface area is 183 Å². The Balaban J connectivity index is 1.38. The van der Waals surface area contributed by atoms with Crippen molar-refractivity contribution in [1.82, 2.24) is 14.9 Å². The van der Waals surface area contributed by atoms with Crippen LogP contribution in [0, 0.1) is 11.8 Å². The second-order valence-electron chi connectivity index (χ2n) is 8.05. The van der Waals surface area contributed by atoms with Crippen LogP contribution in [0.1, 0.15) is 44.9 Å². The third kappa shape index (κ3) is 5.95. The van der Waals surface area contributed by atoms with Crippen LogP contribution in [-0.4, -0.2) is 50.7 Å². The molecule has 1 aliphatic heterocycles. The SMILES string of the molecule is O=C(NCCNC(=O)C1CCN(S(=O)(=O)c2ccc(Cl)cc2)CC1)C1CCCCC1. The zero-order valence-electron chi connectivity index (χ0n) is 17.1. The van der Waals surface area contributed by atoms with Gasteiger partial charge in [-0.25, -0.2) is 8.42 Å². The van der Waals surface area contributed by atoms with E-state index in [1.807, 2.05) is 0 Å². The predicted octanol–water partition coefficient (Wildman–Crippen LogP) is 2.55. The third-order valence-corrected chi connectivity index (χ3v) is 8.14. The molecule has 2 amide bonds. The van der Waals surface area contributed by atoms with E-state index in [0.717, 1.165) is 25.7 Å². The number of hydrogen-bond donors (Lipinski definition) is 2. The lowest BCUT2D eigenvalue weighted by Gasteiger charge is -2.30. The number of nitrogens with zero attached hydrogens (tertiary/aromatic N) is 1. The van der Waals surface area contributed by atoms with Crippen LogP contribution >= 0.6 is 11.6 Å². The molecular weight excluding hydrogens is 426 g/mol. The molecule has 1 saturated carbocycles. The average molecular weight is 456 g/mol. The summed E-state index contributed by atoms with van der Waals surface area (Å²) in [6.45, 7) is 1.42. The van der Waals surface area contributed by atoms with Crippen LogP contribution in [0.3, 0.4) is 0 Å². The Morgan fingerprint density at radius 1 is 0.867 bits per heavy atom. The van der Waals surface area contributed by atoms with E-state index in [4.69, 9.17) is 11.6 Å². The standard InChI is InChI=1S/C21H30ClN3O4S/c22-18-6-8-19(9-7-18)30(28,29)25-14-10-17(11-15-25)21(27)24-13-12-23-20(26)16-4-2-1-3-5-16/h6-9,16-17H,1-5,10-15H2,(H,23,26)(H,24,27). The van der Waals surface area contributed by atoms with Crippen LogP contribution in [0.2, 0.25) is 5.02 Å². The Morgan fingerprint density at radius 2 is 1.37 bits per heavy atom. The van der Waals surface area contributed by atoms with Gasteiger partial charge in [-0.1, -0.05) is 30.9 Å². The maximum absolute atomic E-state index is 12.7. The van der Waals surface area contributed by atoms with Gasteiger partial charge in [-0.15, -0.1) is 0 Å². The molecular formula is C21H30ClN3O4S. The molecule has 30 heavy (non-hydrogen) atoms. The first-order valence-corrected chi connectivity index (χ1v) is 12.5. The molecule has 0 radical (unpaired) electrons. The number of sulfonamides is 1. The first kappa shape index (κ1) is 23.0. The maximum atomic E-state index is 12.7. The van der Waals surface area contributed by atoms with E-state index in [2.05, 4.69) is 10.6 Å². The second-order valence-corrected chi connectivity index (χ2v) is 10.4. The number of rotatable bonds is 7. The van der Waals surface area contributed by atoms with Gasteiger partial charge >= 0.3 is 0 Å². The molecule has 3 rings (SSSR count). The molecule has 166 valence electrons. The first-order valence-electron chi connectivity index (χ1n) is 10.7. The van der Waals surface area contributed by atoms with Gasteiger partial charge in [0.05, 0.1) is 4.90 Å². The Morgan fingerprint density at radius 3 is 1.90 bits per heavy atom. The molecule has 1 aromatic carbocycles. The lowest BCUT2D eigenvalue weighted by atomic mass is 9.89. The van der Waals surface area contributed by atoms with E-state index in [1.54, 1.807) is 12.1 Å². The molecule has 0 aromatic heterocycles. The normalized spacial score (nSPS) is 19.4. The summed E-state index contributed by atoms with van der Waals surface area (Å²) in [5.41, 5.74) is 0. The van der Waals surface area contributed by atoms with E-state index in [9.17, 15) is 18.0 Å². The van der Waals surface area contributed by atoms with Gasteiger partial charge in [0.1, 0.15) is 0 Å². The molecule has 2 fully saturated rings. The summed E-state index contributed by atoms with van der Waals surface area (Å²) in [4.78, 5) is 24.7. The maximum Gasteiger partial charge on any atom is 0.243 e. The first-order chi connectivity index (χ1) is 14.4. The van der Waals surface area contributed by atoms with Gasteiger partial charge in [-0.2, -0.15) is 4.31 Å². The monoisotopic (exact) mass is 455 g/mol. The molecule has 0 spiro atoms. The molecule has 7 nitrogen and oxygen atoms in total. The molecule has 9 heteroatoms. The largest absolute Gasteiger partial charge is 0.354 e. The number of carbonyl (C=O) groups excluding carboxylic acids is 2. The van der Waals surface area contributed by atoms with Gasteiger partial charge in [-0.3, -0.25) is 9.59 Å². The van der Waals surface area contributed by atoms with Crippen molar-refractivity contribution in [3.8, 4) is 0 Å². The highest BCUT2D eigenvalue weighted by Crippen LogP contribution is 2.25. The van der Waals surface area contributed by atoms with Gasteiger partial charge in [-0.05, 0) is 49.9 Å². The number of benzene rings is 1. The van der Waals surface area contributed by atoms with Crippen LogP contribution in [-0.2, 0) is 19.6 Å². The topological polar surface area (TPSA) is 95.6 Å². The molecule has 1 heterocycles. The van der Waals surface area contributed by atoms with Crippen LogP contribution in [0.5, 0.6) is 0 Å². The van der Waals surface area contributed by atoms with E-state index in [1.165, 1.54) is 22.9 Å². The smallest absolute Gasteiger partial charge is 0.243 e. The lowest BCUT2D eigenvalue weighted by molar-refractivity contribution is -0.127. The summed E-state index contributed by atoms with van der Waals surface area (Å²) < 4.78 is 26.9. The fourth-order valence-electron chi connectivity index (χ4n) is 4.14. The zero-order valence-corrected chi connectivity index (χ0v) is 18.7. The quantitative estimate of drug-likeness (QED) is 0.617. The van der Waals surface area contributed by atoms with Crippen molar-refractivity contribution in [3.63, 3.8) is 0 Å². The Hall–Kier alpha value is -1.64. The van der Waals surface area contributed by atoms with E-state index in [0.29, 0.717) is 44.0 Å². The van der Waals surface area contributed by atoms with Gasteiger partial charge < -0.3 is 10.6 Å². The third-order valence-electron chi connectivity index (χ3n) is 5.98. The summed E-state index contributed by atoms with van der Waals surface area (Å²) in [6, 6.07) is 6.11. The van der Waals surface area contributed by atoms with Crippen LogP contribution < -0.4 is 10.6 Å². The van der Waals surface area contributed by atoms with Crippen molar-refractivity contribution in [1.29, 1.82) is 0 Å². The van der Waals surface area contributed by atoms with Crippen LogP contribution in [0.15, 0.2) is 29.2 Å². The minimum Gasteiger partial charge on any atom is -0.354 e. The summed E-state index contributed by atoms with van der Waals surface area (Å²) in [7, 11) is -3.57. The summed E-state index contributed by atoms with van der Waals surface area (Å²) in [6.07, 6.45) is 6.30. The molecule has 2 N–H and O–H groups in total. The number of nitrogens with one attached hydrogen (secondary N) is 2. The summed E-state index contributed by atoms with van der Waals surface area (Å²) >= 11 is 5.83. The average Bonchev–Trinajstić information content (AvgIpc) is 2.77. The fourth-order valence-corrected chi connectivity index (χ4v) is 5.73. The Kier molecular flexibility index (Phi) is 8.13. The van der Waals surface area contributed by atoms with Crippen molar-refractivity contribution in [2.45, 2.75) is 49.8 Å². The van der Waals surface area contributed by atoms with E-state index < -0.39 is 10.0 Å². The van der Waals surface area contributed by atoms with Crippen molar-refractivity contribution < 1.29 is 18.0 Å². The highest BCUT2D eigenvalue weighted by molar-refractivity contribution is 7.89. The zero-order chi connectivity index (χ0) is 21.6. The van der Waals surface area contributed by atoms with Gasteiger partial charge in [0.25, 0.3) is 0 Å². The van der Waals surface area contributed by atoms with Crippen molar-refractivity contribution in [2.24, 2.45) is 11.8 Å². The lowest BCUT2D eigenvalue weighted by Crippen LogP contribution is -2.44. The predicted molar refractivity (Wildman–Crippen MR) is 116 cm³/mol. The van der Waals surface area contributed by atoms with Gasteiger partial charge in [0.15, 0.2) is 0 Å². The summed E-state index contributed by atoms with van der Waals surface area (Å²) in [5, 5.41) is 6.26. The van der Waals surface area contributed by atoms with E-state index in [-0.39, 0.29) is 28.5 Å². The van der Waals surface area contributed by atoms with Crippen molar-refractivity contribution in [2.75, 3.05) is 26.2 Å². The van der Waals surface area contributed by atoms with Crippen molar-refractivity contribution >= 4 is 33.4 Å².